The van der Waals surface area contributed by atoms with Crippen LogP contribution in [-0.2, 0) is 0 Å². The highest BCUT2D eigenvalue weighted by atomic mass is 16.4. The second-order valence-corrected chi connectivity index (χ2v) is 5.35. The van der Waals surface area contributed by atoms with Crippen LogP contribution >= 0.6 is 0 Å². The van der Waals surface area contributed by atoms with Crippen molar-refractivity contribution >= 4 is 17.7 Å². The molecule has 0 bridgehead atoms. The van der Waals surface area contributed by atoms with Crippen LogP contribution in [0.5, 0.6) is 0 Å². The average Bonchev–Trinajstić information content (AvgIpc) is 3.05. The number of anilines is 1. The van der Waals surface area contributed by atoms with Crippen LogP contribution in [0.3, 0.4) is 0 Å². The molecule has 1 saturated heterocycles. The second kappa shape index (κ2) is 4.46. The van der Waals surface area contributed by atoms with E-state index in [-0.39, 0.29) is 6.04 Å². The first kappa shape index (κ1) is 12.2. The molecule has 1 unspecified atom stereocenters. The number of nitrogens with one attached hydrogen (secondary N) is 1. The highest BCUT2D eigenvalue weighted by Crippen LogP contribution is 2.39. The number of hydrogen-bond acceptors (Lipinski definition) is 3. The average molecular weight is 278 g/mol. The molecule has 1 aliphatic heterocycles. The summed E-state index contributed by atoms with van der Waals surface area (Å²) in [4.78, 5) is 11.1. The summed E-state index contributed by atoms with van der Waals surface area (Å²) in [6.07, 6.45) is 2.22. The maximum Gasteiger partial charge on any atom is 0.335 e. The van der Waals surface area contributed by atoms with Crippen molar-refractivity contribution < 1.29 is 9.90 Å². The van der Waals surface area contributed by atoms with Crippen molar-refractivity contribution in [2.24, 2.45) is 0 Å². The fraction of sp³-hybridized carbons (Fsp3) is 0.118. The normalized spacial score (nSPS) is 19.1. The van der Waals surface area contributed by atoms with E-state index >= 15 is 0 Å². The van der Waals surface area contributed by atoms with Gasteiger partial charge in [0.2, 0.25) is 0 Å². The van der Waals surface area contributed by atoms with Gasteiger partial charge in [-0.2, -0.15) is 0 Å². The molecule has 1 atom stereocenters. The summed E-state index contributed by atoms with van der Waals surface area (Å²) in [6.45, 7) is 0.766. The number of carboxylic acids is 1. The van der Waals surface area contributed by atoms with Crippen LogP contribution in [0, 0.1) is 0 Å². The number of carboxylic acid groups (broad SMARTS) is 1. The van der Waals surface area contributed by atoms with Gasteiger partial charge in [-0.3, -0.25) is 0 Å². The van der Waals surface area contributed by atoms with E-state index in [0.717, 1.165) is 12.2 Å². The highest BCUT2D eigenvalue weighted by molar-refractivity contribution is 5.89. The fourth-order valence-corrected chi connectivity index (χ4v) is 3.03. The maximum absolute atomic E-state index is 11.1. The predicted octanol–water partition coefficient (Wildman–Crippen LogP) is 2.85. The second-order valence-electron chi connectivity index (χ2n) is 5.35. The lowest BCUT2D eigenvalue weighted by molar-refractivity contribution is 0.0697. The van der Waals surface area contributed by atoms with E-state index in [9.17, 15) is 4.79 Å². The van der Waals surface area contributed by atoms with Crippen LogP contribution in [0.2, 0.25) is 0 Å². The first-order chi connectivity index (χ1) is 10.2. The lowest BCUT2D eigenvalue weighted by Crippen LogP contribution is -2.32. The minimum Gasteiger partial charge on any atom is -0.478 e. The zero-order valence-corrected chi connectivity index (χ0v) is 11.3. The van der Waals surface area contributed by atoms with Gasteiger partial charge in [-0.25, -0.2) is 10.2 Å². The van der Waals surface area contributed by atoms with Crippen LogP contribution in [-0.4, -0.2) is 17.6 Å². The molecule has 104 valence electrons. The summed E-state index contributed by atoms with van der Waals surface area (Å²) in [5.41, 5.74) is 8.51. The Labute approximate surface area is 122 Å². The summed E-state index contributed by atoms with van der Waals surface area (Å²) in [7, 11) is 0. The summed E-state index contributed by atoms with van der Waals surface area (Å²) < 4.78 is 0. The maximum atomic E-state index is 11.1. The molecule has 2 aromatic carbocycles. The molecular formula is C17H14N2O2. The monoisotopic (exact) mass is 278 g/mol. The molecule has 4 nitrogen and oxygen atoms in total. The Morgan fingerprint density at radius 2 is 2.05 bits per heavy atom. The van der Waals surface area contributed by atoms with E-state index < -0.39 is 5.97 Å². The number of rotatable bonds is 2. The van der Waals surface area contributed by atoms with Gasteiger partial charge in [-0.1, -0.05) is 36.4 Å². The van der Waals surface area contributed by atoms with Gasteiger partial charge in [0, 0.05) is 0 Å². The number of hydrazine groups is 1. The quantitative estimate of drug-likeness (QED) is 0.887. The fourth-order valence-electron chi connectivity index (χ4n) is 3.03. The SMILES string of the molecule is O=C(O)c1cccc(N2CC3=Cc4ccccc4C3N2)c1. The Morgan fingerprint density at radius 3 is 2.90 bits per heavy atom. The lowest BCUT2D eigenvalue weighted by Gasteiger charge is -2.20. The van der Waals surface area contributed by atoms with Gasteiger partial charge in [0.25, 0.3) is 0 Å². The van der Waals surface area contributed by atoms with Crippen LogP contribution in [0.25, 0.3) is 6.08 Å². The Bertz CT molecular complexity index is 767. The summed E-state index contributed by atoms with van der Waals surface area (Å²) in [6, 6.07) is 15.6. The smallest absolute Gasteiger partial charge is 0.335 e. The molecule has 4 rings (SSSR count). The number of fused-ring (bicyclic) bond motifs is 3. The molecule has 2 aliphatic rings. The minimum absolute atomic E-state index is 0.203. The number of hydrogen-bond donors (Lipinski definition) is 2. The molecule has 0 spiro atoms. The molecule has 1 fully saturated rings. The number of carbonyl (C=O) groups is 1. The van der Waals surface area contributed by atoms with Crippen molar-refractivity contribution in [2.45, 2.75) is 6.04 Å². The van der Waals surface area contributed by atoms with Gasteiger partial charge >= 0.3 is 5.97 Å². The summed E-state index contributed by atoms with van der Waals surface area (Å²) >= 11 is 0. The van der Waals surface area contributed by atoms with Gasteiger partial charge in [-0.05, 0) is 34.9 Å². The van der Waals surface area contributed by atoms with E-state index in [1.165, 1.54) is 16.7 Å². The molecule has 2 aromatic rings. The van der Waals surface area contributed by atoms with Crippen LogP contribution in [0.15, 0.2) is 54.1 Å². The molecule has 0 radical (unpaired) electrons. The van der Waals surface area contributed by atoms with E-state index in [1.807, 2.05) is 23.2 Å². The standard InChI is InChI=1S/C17H14N2O2/c20-17(21)12-5-3-6-14(9-12)19-10-13-8-11-4-1-2-7-15(11)16(13)18-19/h1-9,16,18H,10H2,(H,20,21). The van der Waals surface area contributed by atoms with E-state index in [1.54, 1.807) is 18.2 Å². The van der Waals surface area contributed by atoms with E-state index in [0.29, 0.717) is 5.56 Å². The van der Waals surface area contributed by atoms with Crippen LogP contribution in [0.1, 0.15) is 27.5 Å². The Morgan fingerprint density at radius 1 is 1.19 bits per heavy atom. The number of benzene rings is 2. The molecule has 1 aliphatic carbocycles. The first-order valence-electron chi connectivity index (χ1n) is 6.89. The Kier molecular flexibility index (Phi) is 2.59. The van der Waals surface area contributed by atoms with Crippen LogP contribution < -0.4 is 10.4 Å². The third-order valence-corrected chi connectivity index (χ3v) is 4.05. The van der Waals surface area contributed by atoms with Gasteiger partial charge < -0.3 is 10.1 Å². The predicted molar refractivity (Wildman–Crippen MR) is 81.0 cm³/mol. The minimum atomic E-state index is -0.902. The number of nitrogens with zero attached hydrogens (tertiary/aromatic N) is 1. The zero-order valence-electron chi connectivity index (χ0n) is 11.3. The summed E-state index contributed by atoms with van der Waals surface area (Å²) in [5, 5.41) is 11.1. The first-order valence-corrected chi connectivity index (χ1v) is 6.89. The third-order valence-electron chi connectivity index (χ3n) is 4.05. The van der Waals surface area contributed by atoms with Crippen LogP contribution in [0.4, 0.5) is 5.69 Å². The van der Waals surface area contributed by atoms with Crippen molar-refractivity contribution in [3.8, 4) is 0 Å². The van der Waals surface area contributed by atoms with Crippen molar-refractivity contribution in [1.29, 1.82) is 0 Å². The van der Waals surface area contributed by atoms with E-state index in [4.69, 9.17) is 5.11 Å². The lowest BCUT2D eigenvalue weighted by atomic mass is 10.1. The number of aromatic carboxylic acids is 1. The van der Waals surface area contributed by atoms with Crippen molar-refractivity contribution in [3.63, 3.8) is 0 Å². The molecule has 0 saturated carbocycles. The molecule has 21 heavy (non-hydrogen) atoms. The molecule has 4 heteroatoms. The van der Waals surface area contributed by atoms with Crippen molar-refractivity contribution in [1.82, 2.24) is 5.43 Å². The van der Waals surface area contributed by atoms with Crippen molar-refractivity contribution in [3.05, 3.63) is 70.8 Å². The molecule has 1 heterocycles. The highest BCUT2D eigenvalue weighted by Gasteiger charge is 2.33. The Balaban J connectivity index is 1.64. The topological polar surface area (TPSA) is 52.6 Å². The Hall–Kier alpha value is -2.59. The van der Waals surface area contributed by atoms with Gasteiger partial charge in [-0.15, -0.1) is 0 Å². The molecular weight excluding hydrogens is 264 g/mol. The third kappa shape index (κ3) is 1.92. The zero-order chi connectivity index (χ0) is 14.4. The largest absolute Gasteiger partial charge is 0.478 e. The molecule has 0 aromatic heterocycles. The summed E-state index contributed by atoms with van der Waals surface area (Å²) in [5.74, 6) is -0.902. The van der Waals surface area contributed by atoms with Gasteiger partial charge in [0.15, 0.2) is 0 Å². The molecule has 2 N–H and O–H groups in total. The van der Waals surface area contributed by atoms with Gasteiger partial charge in [0.05, 0.1) is 23.8 Å². The van der Waals surface area contributed by atoms with E-state index in [2.05, 4.69) is 23.6 Å². The molecule has 0 amide bonds. The van der Waals surface area contributed by atoms with Crippen molar-refractivity contribution in [2.75, 3.05) is 11.6 Å². The van der Waals surface area contributed by atoms with Gasteiger partial charge in [0.1, 0.15) is 0 Å².